The third-order valence-corrected chi connectivity index (χ3v) is 9.10. The highest BCUT2D eigenvalue weighted by molar-refractivity contribution is 5.98. The number of nitrogens with zero attached hydrogens (tertiary/aromatic N) is 2. The van der Waals surface area contributed by atoms with E-state index in [2.05, 4.69) is 85.9 Å². The van der Waals surface area contributed by atoms with E-state index in [1.807, 2.05) is 0 Å². The molecule has 2 aromatic carbocycles. The summed E-state index contributed by atoms with van der Waals surface area (Å²) in [7, 11) is 0. The molecule has 0 aromatic heterocycles. The molecule has 0 N–H and O–H groups in total. The van der Waals surface area contributed by atoms with Gasteiger partial charge in [-0.1, -0.05) is 72.7 Å². The minimum atomic E-state index is 0.293. The van der Waals surface area contributed by atoms with Gasteiger partial charge >= 0.3 is 0 Å². The highest BCUT2D eigenvalue weighted by Gasteiger charge is 2.34. The van der Waals surface area contributed by atoms with Gasteiger partial charge in [0.1, 0.15) is 17.7 Å². The van der Waals surface area contributed by atoms with E-state index in [1.54, 1.807) is 0 Å². The predicted molar refractivity (Wildman–Crippen MR) is 150 cm³/mol. The van der Waals surface area contributed by atoms with Crippen LogP contribution in [0.3, 0.4) is 0 Å². The summed E-state index contributed by atoms with van der Waals surface area (Å²) in [5, 5.41) is 24.6. The molecular formula is C35H28N2. The van der Waals surface area contributed by atoms with Crippen LogP contribution in [0.5, 0.6) is 0 Å². The fraction of sp³-hybridized carbons (Fsp3) is 0.257. The minimum Gasteiger partial charge on any atom is -0.192 e. The summed E-state index contributed by atoms with van der Waals surface area (Å²) in [4.78, 5) is 0. The number of allylic oxidation sites excluding steroid dienone is 12. The molecule has 178 valence electrons. The fourth-order valence-electron chi connectivity index (χ4n) is 7.42. The van der Waals surface area contributed by atoms with Gasteiger partial charge in [-0.15, -0.1) is 0 Å². The topological polar surface area (TPSA) is 47.6 Å². The summed E-state index contributed by atoms with van der Waals surface area (Å²) in [6, 6.07) is 13.5. The Balaban J connectivity index is 1.24. The summed E-state index contributed by atoms with van der Waals surface area (Å²) in [6.45, 7) is 2.27. The molecule has 37 heavy (non-hydrogen) atoms. The van der Waals surface area contributed by atoms with Gasteiger partial charge in [0.15, 0.2) is 0 Å². The molecule has 0 aliphatic heterocycles. The molecule has 0 bridgehead atoms. The molecule has 5 aliphatic carbocycles. The maximum Gasteiger partial charge on any atom is 0.133 e. The van der Waals surface area contributed by atoms with Crippen LogP contribution in [-0.2, 0) is 6.42 Å². The predicted octanol–water partition coefficient (Wildman–Crippen LogP) is 6.65. The lowest BCUT2D eigenvalue weighted by Gasteiger charge is -2.27. The van der Waals surface area contributed by atoms with Gasteiger partial charge in [0.25, 0.3) is 0 Å². The largest absolute Gasteiger partial charge is 0.192 e. The number of benzene rings is 2. The number of hydrogen-bond acceptors (Lipinski definition) is 2. The number of nitriles is 2. The van der Waals surface area contributed by atoms with Gasteiger partial charge in [-0.05, 0) is 117 Å². The molecule has 7 rings (SSSR count). The summed E-state index contributed by atoms with van der Waals surface area (Å²) >= 11 is 0. The summed E-state index contributed by atoms with van der Waals surface area (Å²) in [6.07, 6.45) is 22.2. The van der Waals surface area contributed by atoms with Crippen molar-refractivity contribution in [2.45, 2.75) is 45.4 Å². The third kappa shape index (κ3) is 3.37. The van der Waals surface area contributed by atoms with Crippen molar-refractivity contribution in [1.29, 1.82) is 10.5 Å². The Morgan fingerprint density at radius 3 is 2.86 bits per heavy atom. The normalized spacial score (nSPS) is 24.2. The second-order valence-electron chi connectivity index (χ2n) is 11.1. The molecule has 2 nitrogen and oxygen atoms in total. The average Bonchev–Trinajstić information content (AvgIpc) is 3.63. The quantitative estimate of drug-likeness (QED) is 0.456. The van der Waals surface area contributed by atoms with E-state index in [-0.39, 0.29) is 0 Å². The van der Waals surface area contributed by atoms with Crippen LogP contribution >= 0.6 is 0 Å². The lowest BCUT2D eigenvalue weighted by Crippen LogP contribution is -2.19. The first-order valence-electron chi connectivity index (χ1n) is 13.5. The Morgan fingerprint density at radius 2 is 2.00 bits per heavy atom. The van der Waals surface area contributed by atoms with Crippen molar-refractivity contribution in [3.05, 3.63) is 110 Å². The van der Waals surface area contributed by atoms with E-state index in [4.69, 9.17) is 0 Å². The maximum absolute atomic E-state index is 9.49. The highest BCUT2D eigenvalue weighted by Crippen LogP contribution is 2.46. The monoisotopic (exact) mass is 476 g/mol. The third-order valence-electron chi connectivity index (χ3n) is 9.10. The van der Waals surface area contributed by atoms with E-state index in [9.17, 15) is 10.5 Å². The maximum atomic E-state index is 9.49. The molecule has 1 saturated carbocycles. The fourth-order valence-corrected chi connectivity index (χ4v) is 7.42. The van der Waals surface area contributed by atoms with Gasteiger partial charge in [0.2, 0.25) is 0 Å². The van der Waals surface area contributed by atoms with Crippen LogP contribution < -0.4 is 10.4 Å². The van der Waals surface area contributed by atoms with Crippen molar-refractivity contribution in [3.8, 4) is 12.1 Å². The number of rotatable bonds is 2. The lowest BCUT2D eigenvalue weighted by atomic mass is 9.77. The van der Waals surface area contributed by atoms with E-state index in [1.165, 1.54) is 73.0 Å². The molecule has 2 heteroatoms. The Hall–Kier alpha value is -4.14. The Kier molecular flexibility index (Phi) is 5.05. The zero-order valence-electron chi connectivity index (χ0n) is 21.1. The van der Waals surface area contributed by atoms with Crippen molar-refractivity contribution in [1.82, 2.24) is 0 Å². The molecule has 0 spiro atoms. The average molecular weight is 477 g/mol. The van der Waals surface area contributed by atoms with Crippen molar-refractivity contribution in [2.75, 3.05) is 0 Å². The molecule has 0 saturated heterocycles. The summed E-state index contributed by atoms with van der Waals surface area (Å²) in [5.41, 5.74) is 10.8. The highest BCUT2D eigenvalue weighted by atomic mass is 14.4. The van der Waals surface area contributed by atoms with Crippen LogP contribution in [0.4, 0.5) is 0 Å². The van der Waals surface area contributed by atoms with Gasteiger partial charge in [-0.25, -0.2) is 0 Å². The van der Waals surface area contributed by atoms with Crippen LogP contribution in [0.15, 0.2) is 88.6 Å². The second kappa shape index (κ2) is 8.47. The molecule has 2 unspecified atom stereocenters. The Bertz CT molecular complexity index is 1790. The molecule has 2 atom stereocenters. The van der Waals surface area contributed by atoms with Gasteiger partial charge < -0.3 is 0 Å². The molecule has 2 aromatic rings. The zero-order chi connectivity index (χ0) is 25.1. The summed E-state index contributed by atoms with van der Waals surface area (Å²) in [5.74, 6) is 0.934. The minimum absolute atomic E-state index is 0.293. The van der Waals surface area contributed by atoms with E-state index in [0.717, 1.165) is 31.3 Å². The molecule has 0 heterocycles. The zero-order valence-corrected chi connectivity index (χ0v) is 21.1. The van der Waals surface area contributed by atoms with Crippen LogP contribution in [0, 0.1) is 34.5 Å². The van der Waals surface area contributed by atoms with Gasteiger partial charge in [0.05, 0.1) is 0 Å². The Labute approximate surface area is 217 Å². The summed E-state index contributed by atoms with van der Waals surface area (Å²) < 4.78 is 0. The first kappa shape index (κ1) is 22.1. The second-order valence-corrected chi connectivity index (χ2v) is 11.1. The van der Waals surface area contributed by atoms with Crippen LogP contribution in [0.25, 0.3) is 28.0 Å². The van der Waals surface area contributed by atoms with Crippen LogP contribution in [0.2, 0.25) is 0 Å². The van der Waals surface area contributed by atoms with Gasteiger partial charge in [-0.2, -0.15) is 10.5 Å². The Morgan fingerprint density at radius 1 is 1.11 bits per heavy atom. The van der Waals surface area contributed by atoms with Crippen molar-refractivity contribution in [3.63, 3.8) is 0 Å². The van der Waals surface area contributed by atoms with Crippen molar-refractivity contribution < 1.29 is 0 Å². The molecule has 0 radical (unpaired) electrons. The van der Waals surface area contributed by atoms with E-state index < -0.39 is 0 Å². The van der Waals surface area contributed by atoms with Crippen LogP contribution in [0.1, 0.15) is 50.2 Å². The van der Waals surface area contributed by atoms with Gasteiger partial charge in [-0.3, -0.25) is 0 Å². The van der Waals surface area contributed by atoms with Gasteiger partial charge in [0, 0.05) is 0 Å². The molecule has 0 amide bonds. The number of hydrogen-bond donors (Lipinski definition) is 0. The molecular weight excluding hydrogens is 448 g/mol. The SMILES string of the molecule is CC1=c2cc3c(c4cccc(c24)C1)=CCC1=C3C=C/C1=C\C=C\C1=CC(=C(C#N)C#N)C2CCCC2C1. The lowest BCUT2D eigenvalue weighted by molar-refractivity contribution is 0.430. The first-order valence-corrected chi connectivity index (χ1v) is 13.5. The van der Waals surface area contributed by atoms with E-state index in [0.29, 0.717) is 17.4 Å². The molecule has 5 aliphatic rings. The van der Waals surface area contributed by atoms with Crippen molar-refractivity contribution >= 4 is 28.0 Å². The first-order chi connectivity index (χ1) is 18.2. The standard InChI is InChI=1S/C35H28N2/c1-21-15-25-8-4-10-31-30-14-13-28-23(11-12-29(28)34(30)18-32(21)35(25)31)6-2-5-22-16-24-7-3-9-27(24)33(17-22)26(19-36)20-37/h2,4-6,8,10-12,14,17-18,24,27H,3,7,9,13,15-16H2,1H3/b5-2+,23-6+. The molecule has 1 fully saturated rings. The van der Waals surface area contributed by atoms with Crippen LogP contribution in [-0.4, -0.2) is 0 Å². The van der Waals surface area contributed by atoms with E-state index >= 15 is 0 Å². The number of fused-ring (bicyclic) bond motifs is 4. The van der Waals surface area contributed by atoms with Crippen molar-refractivity contribution in [2.24, 2.45) is 11.8 Å². The smallest absolute Gasteiger partial charge is 0.133 e.